The van der Waals surface area contributed by atoms with Crippen molar-refractivity contribution in [3.8, 4) is 0 Å². The van der Waals surface area contributed by atoms with Gasteiger partial charge in [0.25, 0.3) is 5.91 Å². The summed E-state index contributed by atoms with van der Waals surface area (Å²) in [6, 6.07) is 0. The van der Waals surface area contributed by atoms with Gasteiger partial charge in [-0.05, 0) is 36.3 Å². The average molecular weight is 381 g/mol. The van der Waals surface area contributed by atoms with Gasteiger partial charge in [-0.3, -0.25) is 9.59 Å². The summed E-state index contributed by atoms with van der Waals surface area (Å²) < 4.78 is 11.1. The molecule has 11 heteroatoms. The van der Waals surface area contributed by atoms with E-state index in [0.29, 0.717) is 17.0 Å². The van der Waals surface area contributed by atoms with Crippen LogP contribution in [-0.2, 0) is 32.0 Å². The third-order valence-electron chi connectivity index (χ3n) is 3.34. The highest BCUT2D eigenvalue weighted by molar-refractivity contribution is 7.16. The van der Waals surface area contributed by atoms with Crippen molar-refractivity contribution < 1.29 is 23.9 Å². The van der Waals surface area contributed by atoms with Crippen molar-refractivity contribution in [3.63, 3.8) is 0 Å². The molecule has 2 heterocycles. The Labute approximate surface area is 153 Å². The van der Waals surface area contributed by atoms with E-state index in [9.17, 15) is 14.4 Å². The fraction of sp³-hybridized carbons (Fsp3) is 0.467. The van der Waals surface area contributed by atoms with Crippen molar-refractivity contribution in [2.75, 3.05) is 18.5 Å². The minimum atomic E-state index is -0.658. The summed E-state index contributed by atoms with van der Waals surface area (Å²) in [5.74, 6) is -1.70. The van der Waals surface area contributed by atoms with Gasteiger partial charge in [0.15, 0.2) is 6.61 Å². The van der Waals surface area contributed by atoms with E-state index in [2.05, 4.69) is 20.8 Å². The first-order chi connectivity index (χ1) is 12.5. The second kappa shape index (κ2) is 9.04. The average Bonchev–Trinajstić information content (AvgIpc) is 3.20. The largest absolute Gasteiger partial charge is 0.462 e. The Morgan fingerprint density at radius 2 is 2.04 bits per heavy atom. The zero-order chi connectivity index (χ0) is 19.1. The molecule has 0 aliphatic rings. The lowest BCUT2D eigenvalue weighted by Crippen LogP contribution is -2.23. The van der Waals surface area contributed by atoms with Crippen molar-refractivity contribution >= 4 is 34.2 Å². The predicted octanol–water partition coefficient (Wildman–Crippen LogP) is 0.964. The molecule has 0 aliphatic carbocycles. The number of rotatable bonds is 8. The Hall–Kier alpha value is -2.82. The summed E-state index contributed by atoms with van der Waals surface area (Å²) in [5, 5.41) is 13.3. The first-order valence-corrected chi connectivity index (χ1v) is 8.73. The highest BCUT2D eigenvalue weighted by atomic mass is 32.1. The SMILES string of the molecule is CCOC(=O)c1c(NC(=O)COC(=O)Cn2cnnn2)sc(C)c1CC. The maximum Gasteiger partial charge on any atom is 0.341 e. The van der Waals surface area contributed by atoms with Crippen LogP contribution in [0.3, 0.4) is 0 Å². The number of carbonyl (C=O) groups is 3. The minimum absolute atomic E-state index is 0.202. The molecule has 0 saturated carbocycles. The van der Waals surface area contributed by atoms with Crippen molar-refractivity contribution in [3.05, 3.63) is 22.3 Å². The van der Waals surface area contributed by atoms with Crippen LogP contribution in [0.15, 0.2) is 6.33 Å². The standard InChI is InChI=1S/C15H19N5O5S/c1-4-10-9(3)26-14(13(10)15(23)24-5-2)17-11(21)7-25-12(22)6-20-8-16-18-19-20/h8H,4-7H2,1-3H3,(H,17,21). The van der Waals surface area contributed by atoms with Gasteiger partial charge in [-0.25, -0.2) is 9.48 Å². The molecule has 1 amide bonds. The van der Waals surface area contributed by atoms with E-state index in [1.165, 1.54) is 22.3 Å². The summed E-state index contributed by atoms with van der Waals surface area (Å²) in [7, 11) is 0. The Balaban J connectivity index is 1.99. The number of nitrogens with zero attached hydrogens (tertiary/aromatic N) is 4. The fourth-order valence-electron chi connectivity index (χ4n) is 2.25. The molecule has 0 bridgehead atoms. The van der Waals surface area contributed by atoms with Crippen LogP contribution in [0.1, 0.15) is 34.6 Å². The Kier molecular flexibility index (Phi) is 6.78. The molecular formula is C15H19N5O5S. The van der Waals surface area contributed by atoms with Crippen LogP contribution >= 0.6 is 11.3 Å². The van der Waals surface area contributed by atoms with Crippen molar-refractivity contribution in [2.45, 2.75) is 33.7 Å². The van der Waals surface area contributed by atoms with E-state index in [-0.39, 0.29) is 13.2 Å². The van der Waals surface area contributed by atoms with Crippen LogP contribution in [0.4, 0.5) is 5.00 Å². The molecule has 0 spiro atoms. The van der Waals surface area contributed by atoms with Crippen molar-refractivity contribution in [1.29, 1.82) is 0 Å². The first kappa shape index (κ1) is 19.5. The zero-order valence-electron chi connectivity index (χ0n) is 14.6. The maximum atomic E-state index is 12.2. The van der Waals surface area contributed by atoms with E-state index in [1.54, 1.807) is 6.92 Å². The van der Waals surface area contributed by atoms with Crippen LogP contribution in [0.25, 0.3) is 0 Å². The number of esters is 2. The molecule has 0 radical (unpaired) electrons. The molecule has 0 saturated heterocycles. The van der Waals surface area contributed by atoms with Gasteiger partial charge in [-0.1, -0.05) is 6.92 Å². The molecular weight excluding hydrogens is 362 g/mol. The van der Waals surface area contributed by atoms with Gasteiger partial charge in [0, 0.05) is 4.88 Å². The molecule has 140 valence electrons. The zero-order valence-corrected chi connectivity index (χ0v) is 15.5. The van der Waals surface area contributed by atoms with Crippen molar-refractivity contribution in [2.24, 2.45) is 0 Å². The molecule has 0 atom stereocenters. The summed E-state index contributed by atoms with van der Waals surface area (Å²) in [6.45, 7) is 5.05. The molecule has 0 aromatic carbocycles. The molecule has 2 aromatic rings. The normalized spacial score (nSPS) is 10.4. The molecule has 26 heavy (non-hydrogen) atoms. The number of aryl methyl sites for hydroxylation is 1. The molecule has 10 nitrogen and oxygen atoms in total. The Morgan fingerprint density at radius 1 is 1.27 bits per heavy atom. The minimum Gasteiger partial charge on any atom is -0.462 e. The van der Waals surface area contributed by atoms with E-state index >= 15 is 0 Å². The first-order valence-electron chi connectivity index (χ1n) is 7.91. The monoisotopic (exact) mass is 381 g/mol. The number of hydrogen-bond acceptors (Lipinski definition) is 9. The fourth-order valence-corrected chi connectivity index (χ4v) is 3.40. The van der Waals surface area contributed by atoms with Gasteiger partial charge >= 0.3 is 11.9 Å². The number of anilines is 1. The quantitative estimate of drug-likeness (QED) is 0.670. The van der Waals surface area contributed by atoms with Gasteiger partial charge in [0.05, 0.1) is 12.2 Å². The van der Waals surface area contributed by atoms with Gasteiger partial charge in [-0.15, -0.1) is 16.4 Å². The van der Waals surface area contributed by atoms with Gasteiger partial charge in [0.2, 0.25) is 0 Å². The number of nitrogens with one attached hydrogen (secondary N) is 1. The summed E-state index contributed by atoms with van der Waals surface area (Å²) >= 11 is 1.28. The smallest absolute Gasteiger partial charge is 0.341 e. The third-order valence-corrected chi connectivity index (χ3v) is 4.40. The van der Waals surface area contributed by atoms with Gasteiger partial charge in [0.1, 0.15) is 17.9 Å². The summed E-state index contributed by atoms with van der Waals surface area (Å²) in [5.41, 5.74) is 1.18. The predicted molar refractivity (Wildman–Crippen MR) is 91.8 cm³/mol. The highest BCUT2D eigenvalue weighted by Gasteiger charge is 2.23. The van der Waals surface area contributed by atoms with E-state index in [4.69, 9.17) is 9.47 Å². The van der Waals surface area contributed by atoms with Crippen LogP contribution in [-0.4, -0.2) is 51.3 Å². The second-order valence-electron chi connectivity index (χ2n) is 5.13. The molecule has 0 fully saturated rings. The van der Waals surface area contributed by atoms with Crippen LogP contribution in [0.5, 0.6) is 0 Å². The maximum absolute atomic E-state index is 12.2. The lowest BCUT2D eigenvalue weighted by molar-refractivity contribution is -0.148. The lowest BCUT2D eigenvalue weighted by atomic mass is 10.1. The van der Waals surface area contributed by atoms with Crippen LogP contribution in [0.2, 0.25) is 0 Å². The van der Waals surface area contributed by atoms with Crippen LogP contribution in [0, 0.1) is 6.92 Å². The summed E-state index contributed by atoms with van der Waals surface area (Å²) in [6.07, 6.45) is 1.89. The second-order valence-corrected chi connectivity index (χ2v) is 6.36. The third kappa shape index (κ3) is 4.85. The highest BCUT2D eigenvalue weighted by Crippen LogP contribution is 2.34. The molecule has 0 aliphatic heterocycles. The van der Waals surface area contributed by atoms with Crippen molar-refractivity contribution in [1.82, 2.24) is 20.2 Å². The molecule has 1 N–H and O–H groups in total. The molecule has 2 rings (SSSR count). The number of tetrazole rings is 1. The molecule has 2 aromatic heterocycles. The number of ether oxygens (including phenoxy) is 2. The Morgan fingerprint density at radius 3 is 2.65 bits per heavy atom. The lowest BCUT2D eigenvalue weighted by Gasteiger charge is -2.08. The summed E-state index contributed by atoms with van der Waals surface area (Å²) in [4.78, 5) is 36.9. The van der Waals surface area contributed by atoms with E-state index in [1.807, 2.05) is 13.8 Å². The van der Waals surface area contributed by atoms with Gasteiger partial charge in [-0.2, -0.15) is 0 Å². The number of thiophene rings is 1. The molecule has 0 unspecified atom stereocenters. The van der Waals surface area contributed by atoms with Gasteiger partial charge < -0.3 is 14.8 Å². The number of hydrogen-bond donors (Lipinski definition) is 1. The number of amides is 1. The topological polar surface area (TPSA) is 125 Å². The van der Waals surface area contributed by atoms with E-state index < -0.39 is 24.5 Å². The van der Waals surface area contributed by atoms with Crippen LogP contribution < -0.4 is 5.32 Å². The Bertz CT molecular complexity index is 787. The van der Waals surface area contributed by atoms with E-state index in [0.717, 1.165) is 10.4 Å². The number of aromatic nitrogens is 4. The number of carbonyl (C=O) groups excluding carboxylic acids is 3.